The lowest BCUT2D eigenvalue weighted by molar-refractivity contribution is 0.0964. The number of nitrogens with one attached hydrogen (secondary N) is 2. The summed E-state index contributed by atoms with van der Waals surface area (Å²) in [6.45, 7) is 0. The number of rotatable bonds is 3. The maximum Gasteiger partial charge on any atom is 0.255 e. The van der Waals surface area contributed by atoms with Crippen molar-refractivity contribution >= 4 is 38.5 Å². The Morgan fingerprint density at radius 1 is 1.21 bits per heavy atom. The summed E-state index contributed by atoms with van der Waals surface area (Å²) in [7, 11) is 3.40. The molecule has 0 saturated heterocycles. The summed E-state index contributed by atoms with van der Waals surface area (Å²) in [5.74, 6) is 0.256. The van der Waals surface area contributed by atoms with E-state index in [4.69, 9.17) is 9.68 Å². The van der Waals surface area contributed by atoms with Crippen molar-refractivity contribution in [3.8, 4) is 17.4 Å². The Balaban J connectivity index is 2.29. The molecule has 0 atom stereocenters. The molecular formula is C18H14BrN3O2. The molecule has 0 fully saturated rings. The van der Waals surface area contributed by atoms with Crippen molar-refractivity contribution in [2.24, 2.45) is 0 Å². The molecule has 0 saturated carbocycles. The van der Waals surface area contributed by atoms with Crippen LogP contribution in [0.2, 0.25) is 0 Å². The van der Waals surface area contributed by atoms with Crippen LogP contribution in [0, 0.1) is 11.3 Å². The molecule has 0 radical (unpaired) electrons. The van der Waals surface area contributed by atoms with Gasteiger partial charge in [-0.05, 0) is 46.3 Å². The molecule has 3 rings (SSSR count). The third-order valence-corrected chi connectivity index (χ3v) is 4.43. The molecule has 1 heterocycles. The number of anilines is 1. The first kappa shape index (κ1) is 16.1. The lowest BCUT2D eigenvalue weighted by atomic mass is 10.0. The van der Waals surface area contributed by atoms with E-state index in [9.17, 15) is 4.79 Å². The fourth-order valence-corrected chi connectivity index (χ4v) is 3.10. The minimum atomic E-state index is -0.225. The first-order chi connectivity index (χ1) is 11.6. The Morgan fingerprint density at radius 2 is 1.92 bits per heavy atom. The van der Waals surface area contributed by atoms with Gasteiger partial charge in [-0.1, -0.05) is 0 Å². The number of halogens is 1. The van der Waals surface area contributed by atoms with Gasteiger partial charge in [-0.15, -0.1) is 0 Å². The molecule has 0 aliphatic carbocycles. The Kier molecular flexibility index (Phi) is 4.28. The topological polar surface area (TPSA) is 78.1 Å². The van der Waals surface area contributed by atoms with Crippen molar-refractivity contribution in [3.05, 3.63) is 52.0 Å². The Labute approximate surface area is 147 Å². The van der Waals surface area contributed by atoms with Crippen molar-refractivity contribution in [1.82, 2.24) is 5.32 Å². The van der Waals surface area contributed by atoms with Crippen molar-refractivity contribution < 1.29 is 9.21 Å². The van der Waals surface area contributed by atoms with Crippen LogP contribution in [0.4, 0.5) is 5.69 Å². The van der Waals surface area contributed by atoms with Crippen molar-refractivity contribution in [3.63, 3.8) is 0 Å². The summed E-state index contributed by atoms with van der Waals surface area (Å²) in [5.41, 5.74) is 3.25. The number of hydrogen-bond donors (Lipinski definition) is 2. The third-order valence-electron chi connectivity index (χ3n) is 3.78. The maximum atomic E-state index is 12.4. The van der Waals surface area contributed by atoms with Crippen molar-refractivity contribution in [2.45, 2.75) is 0 Å². The largest absolute Gasteiger partial charge is 0.455 e. The number of hydrogen-bond acceptors (Lipinski definition) is 4. The van der Waals surface area contributed by atoms with Crippen LogP contribution in [0.15, 0.2) is 45.3 Å². The molecule has 5 nitrogen and oxygen atoms in total. The van der Waals surface area contributed by atoms with Gasteiger partial charge in [0.15, 0.2) is 0 Å². The predicted octanol–water partition coefficient (Wildman–Crippen LogP) is 4.14. The van der Waals surface area contributed by atoms with E-state index in [1.807, 2.05) is 19.2 Å². The second-order valence-electron chi connectivity index (χ2n) is 5.15. The average Bonchev–Trinajstić information content (AvgIpc) is 2.98. The van der Waals surface area contributed by atoms with Gasteiger partial charge >= 0.3 is 0 Å². The van der Waals surface area contributed by atoms with E-state index in [0.29, 0.717) is 22.5 Å². The summed E-state index contributed by atoms with van der Waals surface area (Å²) in [4.78, 5) is 12.4. The van der Waals surface area contributed by atoms with Crippen LogP contribution in [-0.4, -0.2) is 20.0 Å². The molecule has 0 bridgehead atoms. The van der Waals surface area contributed by atoms with E-state index in [-0.39, 0.29) is 5.91 Å². The SMILES string of the molecule is CNC(=O)c1c(-c2ccc(C#N)cc2)oc2cc(NC)c(Br)cc12. The zero-order valence-electron chi connectivity index (χ0n) is 13.1. The number of carbonyl (C=O) groups excluding carboxylic acids is 1. The van der Waals surface area contributed by atoms with Gasteiger partial charge < -0.3 is 15.1 Å². The highest BCUT2D eigenvalue weighted by Gasteiger charge is 2.22. The molecule has 0 aliphatic heterocycles. The summed E-state index contributed by atoms with van der Waals surface area (Å²) >= 11 is 3.50. The molecule has 120 valence electrons. The zero-order valence-corrected chi connectivity index (χ0v) is 14.7. The summed E-state index contributed by atoms with van der Waals surface area (Å²) in [6.07, 6.45) is 0. The van der Waals surface area contributed by atoms with Crippen molar-refractivity contribution in [1.29, 1.82) is 5.26 Å². The highest BCUT2D eigenvalue weighted by Crippen LogP contribution is 2.37. The molecule has 24 heavy (non-hydrogen) atoms. The third kappa shape index (κ3) is 2.63. The van der Waals surface area contributed by atoms with E-state index in [1.165, 1.54) is 0 Å². The van der Waals surface area contributed by atoms with Gasteiger partial charge in [0.1, 0.15) is 11.3 Å². The molecule has 1 amide bonds. The maximum absolute atomic E-state index is 12.4. The van der Waals surface area contributed by atoms with Gasteiger partial charge in [-0.25, -0.2) is 0 Å². The zero-order chi connectivity index (χ0) is 17.3. The lowest BCUT2D eigenvalue weighted by Gasteiger charge is -2.04. The van der Waals surface area contributed by atoms with Gasteiger partial charge in [0, 0.05) is 35.6 Å². The summed E-state index contributed by atoms with van der Waals surface area (Å²) in [5, 5.41) is 15.4. The van der Waals surface area contributed by atoms with Gasteiger partial charge in [0.2, 0.25) is 0 Å². The number of amides is 1. The molecule has 0 aliphatic rings. The second kappa shape index (κ2) is 6.38. The molecule has 3 aromatic rings. The molecule has 2 N–H and O–H groups in total. The fraction of sp³-hybridized carbons (Fsp3) is 0.111. The molecular weight excluding hydrogens is 370 g/mol. The first-order valence-electron chi connectivity index (χ1n) is 7.25. The molecule has 0 unspecified atom stereocenters. The van der Waals surface area contributed by atoms with Crippen LogP contribution in [0.3, 0.4) is 0 Å². The number of benzene rings is 2. The van der Waals surface area contributed by atoms with Crippen LogP contribution < -0.4 is 10.6 Å². The fourth-order valence-electron chi connectivity index (χ4n) is 2.56. The molecule has 0 spiro atoms. The highest BCUT2D eigenvalue weighted by molar-refractivity contribution is 9.10. The van der Waals surface area contributed by atoms with Crippen LogP contribution in [-0.2, 0) is 0 Å². The second-order valence-corrected chi connectivity index (χ2v) is 6.01. The molecule has 6 heteroatoms. The molecule has 1 aromatic heterocycles. The Morgan fingerprint density at radius 3 is 2.50 bits per heavy atom. The van der Waals surface area contributed by atoms with E-state index in [1.54, 1.807) is 31.3 Å². The average molecular weight is 384 g/mol. The minimum Gasteiger partial charge on any atom is -0.455 e. The smallest absolute Gasteiger partial charge is 0.255 e. The van der Waals surface area contributed by atoms with Crippen LogP contribution in [0.5, 0.6) is 0 Å². The van der Waals surface area contributed by atoms with E-state index < -0.39 is 0 Å². The summed E-state index contributed by atoms with van der Waals surface area (Å²) in [6, 6.07) is 12.7. The Bertz CT molecular complexity index is 969. The number of carbonyl (C=O) groups is 1. The van der Waals surface area contributed by atoms with Gasteiger partial charge in [-0.3, -0.25) is 4.79 Å². The van der Waals surface area contributed by atoms with E-state index in [2.05, 4.69) is 32.6 Å². The van der Waals surface area contributed by atoms with Crippen LogP contribution in [0.1, 0.15) is 15.9 Å². The minimum absolute atomic E-state index is 0.225. The number of fused-ring (bicyclic) bond motifs is 1. The van der Waals surface area contributed by atoms with Crippen LogP contribution >= 0.6 is 15.9 Å². The number of furan rings is 1. The van der Waals surface area contributed by atoms with Gasteiger partial charge in [0.05, 0.1) is 22.9 Å². The summed E-state index contributed by atoms with van der Waals surface area (Å²) < 4.78 is 6.82. The van der Waals surface area contributed by atoms with Crippen LogP contribution in [0.25, 0.3) is 22.3 Å². The highest BCUT2D eigenvalue weighted by atomic mass is 79.9. The predicted molar refractivity (Wildman–Crippen MR) is 97.0 cm³/mol. The van der Waals surface area contributed by atoms with Gasteiger partial charge in [-0.2, -0.15) is 5.26 Å². The standard InChI is InChI=1S/C18H14BrN3O2/c1-21-14-8-15-12(7-13(14)19)16(18(23)22-2)17(24-15)11-5-3-10(9-20)4-6-11/h3-8,21H,1-2H3,(H,22,23). The molecule has 2 aromatic carbocycles. The van der Waals surface area contributed by atoms with E-state index >= 15 is 0 Å². The normalized spacial score (nSPS) is 10.4. The van der Waals surface area contributed by atoms with Crippen molar-refractivity contribution in [2.75, 3.05) is 19.4 Å². The number of nitrogens with zero attached hydrogens (tertiary/aromatic N) is 1. The monoisotopic (exact) mass is 383 g/mol. The van der Waals surface area contributed by atoms with E-state index in [0.717, 1.165) is 21.1 Å². The quantitative estimate of drug-likeness (QED) is 0.712. The Hall–Kier alpha value is -2.78. The number of nitriles is 1. The van der Waals surface area contributed by atoms with Gasteiger partial charge in [0.25, 0.3) is 5.91 Å². The lowest BCUT2D eigenvalue weighted by Crippen LogP contribution is -2.18. The first-order valence-corrected chi connectivity index (χ1v) is 8.04.